The Morgan fingerprint density at radius 3 is 2.86 bits per heavy atom. The van der Waals surface area contributed by atoms with E-state index in [1.54, 1.807) is 12.3 Å². The first kappa shape index (κ1) is 10.9. The lowest BCUT2D eigenvalue weighted by molar-refractivity contribution is 0.218. The molecule has 0 aromatic carbocycles. The van der Waals surface area contributed by atoms with Crippen LogP contribution in [0.25, 0.3) is 0 Å². The van der Waals surface area contributed by atoms with Gasteiger partial charge in [-0.1, -0.05) is 6.92 Å². The maximum absolute atomic E-state index is 5.93. The molecule has 1 atom stereocenters. The van der Waals surface area contributed by atoms with Gasteiger partial charge in [0.25, 0.3) is 0 Å². The molecule has 1 heterocycles. The third-order valence-corrected chi connectivity index (χ3v) is 2.11. The third kappa shape index (κ3) is 3.30. The second-order valence-corrected chi connectivity index (χ2v) is 3.74. The molecule has 0 saturated heterocycles. The minimum atomic E-state index is -0.293. The van der Waals surface area contributed by atoms with Crippen LogP contribution >= 0.6 is 0 Å². The largest absolute Gasteiger partial charge is 0.476 e. The zero-order chi connectivity index (χ0) is 10.6. The number of rotatable bonds is 4. The Morgan fingerprint density at radius 2 is 2.29 bits per heavy atom. The summed E-state index contributed by atoms with van der Waals surface area (Å²) in [4.78, 5) is 8.10. The number of aryl methyl sites for hydroxylation is 1. The number of nitrogens with two attached hydrogens (primary N) is 1. The van der Waals surface area contributed by atoms with E-state index in [1.165, 1.54) is 0 Å². The van der Waals surface area contributed by atoms with Crippen LogP contribution in [0.4, 0.5) is 0 Å². The summed E-state index contributed by atoms with van der Waals surface area (Å²) in [5.74, 6) is 1.29. The average molecular weight is 195 g/mol. The molecule has 0 saturated carbocycles. The molecule has 0 spiro atoms. The van der Waals surface area contributed by atoms with Crippen molar-refractivity contribution in [1.82, 2.24) is 9.97 Å². The Morgan fingerprint density at radius 1 is 1.57 bits per heavy atom. The van der Waals surface area contributed by atoms with Crippen molar-refractivity contribution in [3.05, 3.63) is 18.1 Å². The molecule has 0 bridgehead atoms. The summed E-state index contributed by atoms with van der Waals surface area (Å²) in [6.07, 6.45) is 2.55. The fourth-order valence-electron chi connectivity index (χ4n) is 0.856. The Labute approximate surface area is 84.5 Å². The quantitative estimate of drug-likeness (QED) is 0.786. The molecule has 14 heavy (non-hydrogen) atoms. The van der Waals surface area contributed by atoms with Gasteiger partial charge in [0.1, 0.15) is 12.4 Å². The van der Waals surface area contributed by atoms with Gasteiger partial charge in [-0.3, -0.25) is 0 Å². The van der Waals surface area contributed by atoms with E-state index in [0.717, 1.165) is 6.42 Å². The standard InChI is InChI=1S/C10H17N3O/c1-4-10(3,11)7-14-9-5-6-12-8(2)13-9/h5-6H,4,7,11H2,1-3H3. The van der Waals surface area contributed by atoms with Crippen LogP contribution in [-0.2, 0) is 0 Å². The fraction of sp³-hybridized carbons (Fsp3) is 0.600. The fourth-order valence-corrected chi connectivity index (χ4v) is 0.856. The molecule has 4 nitrogen and oxygen atoms in total. The van der Waals surface area contributed by atoms with Crippen LogP contribution in [0, 0.1) is 6.92 Å². The lowest BCUT2D eigenvalue weighted by Gasteiger charge is -2.22. The van der Waals surface area contributed by atoms with Crippen molar-refractivity contribution < 1.29 is 4.74 Å². The van der Waals surface area contributed by atoms with E-state index in [4.69, 9.17) is 10.5 Å². The predicted octanol–water partition coefficient (Wildman–Crippen LogP) is 1.29. The minimum Gasteiger partial charge on any atom is -0.476 e. The monoisotopic (exact) mass is 195 g/mol. The second kappa shape index (κ2) is 4.37. The van der Waals surface area contributed by atoms with Gasteiger partial charge in [-0.2, -0.15) is 4.98 Å². The van der Waals surface area contributed by atoms with Crippen LogP contribution in [-0.4, -0.2) is 22.1 Å². The first-order valence-corrected chi connectivity index (χ1v) is 4.75. The summed E-state index contributed by atoms with van der Waals surface area (Å²) in [5.41, 5.74) is 5.64. The molecule has 1 unspecified atom stereocenters. The molecule has 0 fully saturated rings. The van der Waals surface area contributed by atoms with Crippen LogP contribution in [0.3, 0.4) is 0 Å². The van der Waals surface area contributed by atoms with Gasteiger partial charge in [-0.15, -0.1) is 0 Å². The summed E-state index contributed by atoms with van der Waals surface area (Å²) in [6, 6.07) is 1.73. The van der Waals surface area contributed by atoms with E-state index in [0.29, 0.717) is 18.3 Å². The van der Waals surface area contributed by atoms with E-state index in [9.17, 15) is 0 Å². The molecule has 1 aromatic heterocycles. The summed E-state index contributed by atoms with van der Waals surface area (Å²) in [6.45, 7) is 6.30. The molecule has 0 aliphatic rings. The molecular formula is C10H17N3O. The van der Waals surface area contributed by atoms with Crippen LogP contribution < -0.4 is 10.5 Å². The Hall–Kier alpha value is -1.16. The molecule has 4 heteroatoms. The molecule has 2 N–H and O–H groups in total. The lowest BCUT2D eigenvalue weighted by Crippen LogP contribution is -2.41. The molecule has 0 aliphatic heterocycles. The van der Waals surface area contributed by atoms with E-state index in [1.807, 2.05) is 20.8 Å². The highest BCUT2D eigenvalue weighted by atomic mass is 16.5. The molecular weight excluding hydrogens is 178 g/mol. The maximum Gasteiger partial charge on any atom is 0.216 e. The number of hydrogen-bond donors (Lipinski definition) is 1. The summed E-state index contributed by atoms with van der Waals surface area (Å²) in [7, 11) is 0. The van der Waals surface area contributed by atoms with Gasteiger partial charge >= 0.3 is 0 Å². The van der Waals surface area contributed by atoms with Crippen molar-refractivity contribution >= 4 is 0 Å². The van der Waals surface area contributed by atoms with Gasteiger partial charge < -0.3 is 10.5 Å². The second-order valence-electron chi connectivity index (χ2n) is 3.74. The smallest absolute Gasteiger partial charge is 0.216 e. The topological polar surface area (TPSA) is 61.0 Å². The molecule has 0 radical (unpaired) electrons. The summed E-state index contributed by atoms with van der Waals surface area (Å²) >= 11 is 0. The highest BCUT2D eigenvalue weighted by Crippen LogP contribution is 2.09. The van der Waals surface area contributed by atoms with E-state index in [2.05, 4.69) is 9.97 Å². The van der Waals surface area contributed by atoms with Crippen molar-refractivity contribution in [3.63, 3.8) is 0 Å². The number of aromatic nitrogens is 2. The summed E-state index contributed by atoms with van der Waals surface area (Å²) < 4.78 is 5.47. The number of ether oxygens (including phenoxy) is 1. The van der Waals surface area contributed by atoms with Crippen LogP contribution in [0.5, 0.6) is 5.88 Å². The van der Waals surface area contributed by atoms with Crippen molar-refractivity contribution in [1.29, 1.82) is 0 Å². The predicted molar refractivity (Wildman–Crippen MR) is 55.1 cm³/mol. The zero-order valence-corrected chi connectivity index (χ0v) is 8.95. The third-order valence-electron chi connectivity index (χ3n) is 2.11. The van der Waals surface area contributed by atoms with Gasteiger partial charge in [-0.05, 0) is 20.3 Å². The van der Waals surface area contributed by atoms with E-state index in [-0.39, 0.29) is 5.54 Å². The van der Waals surface area contributed by atoms with Crippen molar-refractivity contribution in [2.45, 2.75) is 32.7 Å². The highest BCUT2D eigenvalue weighted by molar-refractivity contribution is 5.08. The van der Waals surface area contributed by atoms with Crippen LogP contribution in [0.2, 0.25) is 0 Å². The number of hydrogen-bond acceptors (Lipinski definition) is 4. The van der Waals surface area contributed by atoms with Crippen molar-refractivity contribution in [2.24, 2.45) is 5.73 Å². The molecule has 0 aliphatic carbocycles. The highest BCUT2D eigenvalue weighted by Gasteiger charge is 2.16. The van der Waals surface area contributed by atoms with Gasteiger partial charge in [0, 0.05) is 17.8 Å². The van der Waals surface area contributed by atoms with Gasteiger partial charge in [0.15, 0.2) is 0 Å². The molecule has 78 valence electrons. The lowest BCUT2D eigenvalue weighted by atomic mass is 10.0. The Kier molecular flexibility index (Phi) is 3.41. The van der Waals surface area contributed by atoms with E-state index >= 15 is 0 Å². The zero-order valence-electron chi connectivity index (χ0n) is 8.95. The van der Waals surface area contributed by atoms with Gasteiger partial charge in [-0.25, -0.2) is 4.98 Å². The molecule has 0 amide bonds. The summed E-state index contributed by atoms with van der Waals surface area (Å²) in [5, 5.41) is 0. The van der Waals surface area contributed by atoms with Gasteiger partial charge in [0.2, 0.25) is 5.88 Å². The molecule has 1 aromatic rings. The van der Waals surface area contributed by atoms with Gasteiger partial charge in [0.05, 0.1) is 0 Å². The number of nitrogens with zero attached hydrogens (tertiary/aromatic N) is 2. The SMILES string of the molecule is CCC(C)(N)COc1ccnc(C)n1. The first-order chi connectivity index (χ1) is 6.53. The maximum atomic E-state index is 5.93. The average Bonchev–Trinajstić information content (AvgIpc) is 2.15. The first-order valence-electron chi connectivity index (χ1n) is 4.75. The van der Waals surface area contributed by atoms with Crippen molar-refractivity contribution in [2.75, 3.05) is 6.61 Å². The molecule has 1 rings (SSSR count). The Bertz CT molecular complexity index is 299. The van der Waals surface area contributed by atoms with Crippen molar-refractivity contribution in [3.8, 4) is 5.88 Å². The Balaban J connectivity index is 2.54. The van der Waals surface area contributed by atoms with Crippen LogP contribution in [0.15, 0.2) is 12.3 Å². The van der Waals surface area contributed by atoms with E-state index < -0.39 is 0 Å². The normalized spacial score (nSPS) is 14.9. The van der Waals surface area contributed by atoms with Crippen LogP contribution in [0.1, 0.15) is 26.1 Å². The minimum absolute atomic E-state index is 0.293.